The molecule has 0 N–H and O–H groups in total. The first-order valence-corrected chi connectivity index (χ1v) is 19.0. The molecule has 1 aliphatic heterocycles. The highest BCUT2D eigenvalue weighted by molar-refractivity contribution is 5.97. The second-order valence-corrected chi connectivity index (χ2v) is 14.2. The van der Waals surface area contributed by atoms with Gasteiger partial charge in [-0.3, -0.25) is 4.90 Å². The summed E-state index contributed by atoms with van der Waals surface area (Å²) in [5, 5.41) is 0. The molecule has 0 bridgehead atoms. The molecule has 49 heavy (non-hydrogen) atoms. The molecule has 260 valence electrons. The minimum atomic E-state index is -1.18. The average molecular weight is 659 g/mol. The largest absolute Gasteiger partial charge is 0.426 e. The second-order valence-electron chi connectivity index (χ2n) is 14.2. The lowest BCUT2D eigenvalue weighted by molar-refractivity contribution is 0.0132. The van der Waals surface area contributed by atoms with Crippen LogP contribution in [0.1, 0.15) is 129 Å². The Kier molecular flexibility index (Phi) is 13.0. The van der Waals surface area contributed by atoms with Crippen LogP contribution in [-0.2, 0) is 23.3 Å². The van der Waals surface area contributed by atoms with Gasteiger partial charge in [-0.25, -0.2) is 4.79 Å². The Bertz CT molecular complexity index is 1570. The van der Waals surface area contributed by atoms with E-state index in [1.807, 2.05) is 18.2 Å². The number of aryl methyl sites for hydroxylation is 3. The van der Waals surface area contributed by atoms with Crippen LogP contribution >= 0.6 is 0 Å². The molecule has 0 saturated heterocycles. The molecular formula is C45H58N2O2. The van der Waals surface area contributed by atoms with Gasteiger partial charge in [0, 0.05) is 42.3 Å². The van der Waals surface area contributed by atoms with Crippen LogP contribution in [0.4, 0.5) is 17.1 Å². The van der Waals surface area contributed by atoms with Crippen molar-refractivity contribution < 1.29 is 9.53 Å². The van der Waals surface area contributed by atoms with Gasteiger partial charge in [0.05, 0.1) is 5.56 Å². The fraction of sp³-hybridized carbons (Fsp3) is 0.444. The lowest BCUT2D eigenvalue weighted by Crippen LogP contribution is -2.45. The minimum absolute atomic E-state index is 0.295. The minimum Gasteiger partial charge on any atom is -0.426 e. The van der Waals surface area contributed by atoms with Crippen LogP contribution in [0.25, 0.3) is 0 Å². The molecular weight excluding hydrogens is 601 g/mol. The molecule has 1 aliphatic rings. The molecule has 4 aromatic carbocycles. The van der Waals surface area contributed by atoms with Crippen molar-refractivity contribution in [3.05, 3.63) is 124 Å². The van der Waals surface area contributed by atoms with Crippen LogP contribution in [0.2, 0.25) is 0 Å². The number of unbranched alkanes of at least 4 members (excludes halogenated alkanes) is 10. The van der Waals surface area contributed by atoms with Gasteiger partial charge in [0.25, 0.3) is 0 Å². The summed E-state index contributed by atoms with van der Waals surface area (Å²) in [6.45, 7) is 6.67. The van der Waals surface area contributed by atoms with Gasteiger partial charge in [-0.15, -0.1) is 0 Å². The van der Waals surface area contributed by atoms with Crippen molar-refractivity contribution >= 4 is 23.0 Å². The molecule has 0 amide bonds. The molecule has 0 spiro atoms. The van der Waals surface area contributed by atoms with E-state index in [1.165, 1.54) is 88.2 Å². The van der Waals surface area contributed by atoms with Crippen LogP contribution in [-0.4, -0.2) is 20.1 Å². The van der Waals surface area contributed by atoms with Crippen molar-refractivity contribution in [2.75, 3.05) is 23.9 Å². The predicted molar refractivity (Wildman–Crippen MR) is 207 cm³/mol. The number of rotatable bonds is 19. The van der Waals surface area contributed by atoms with E-state index >= 15 is 0 Å². The number of carbonyl (C=O) groups is 1. The van der Waals surface area contributed by atoms with E-state index in [2.05, 4.69) is 117 Å². The number of esters is 1. The fourth-order valence-electron chi connectivity index (χ4n) is 7.35. The van der Waals surface area contributed by atoms with Crippen molar-refractivity contribution in [3.63, 3.8) is 0 Å². The Balaban J connectivity index is 1.55. The van der Waals surface area contributed by atoms with Gasteiger partial charge in [-0.1, -0.05) is 127 Å². The predicted octanol–water partition coefficient (Wildman–Crippen LogP) is 12.1. The van der Waals surface area contributed by atoms with Crippen LogP contribution in [0, 0.1) is 6.92 Å². The quantitative estimate of drug-likeness (QED) is 0.0741. The Morgan fingerprint density at radius 2 is 1.06 bits per heavy atom. The molecule has 4 aromatic rings. The van der Waals surface area contributed by atoms with E-state index in [-0.39, 0.29) is 5.97 Å². The summed E-state index contributed by atoms with van der Waals surface area (Å²) in [4.78, 5) is 18.2. The molecule has 4 nitrogen and oxygen atoms in total. The first-order chi connectivity index (χ1) is 23.9. The van der Waals surface area contributed by atoms with E-state index in [4.69, 9.17) is 4.74 Å². The lowest BCUT2D eigenvalue weighted by atomic mass is 9.87. The van der Waals surface area contributed by atoms with E-state index < -0.39 is 5.72 Å². The molecule has 0 aliphatic carbocycles. The van der Waals surface area contributed by atoms with Crippen LogP contribution < -0.4 is 9.80 Å². The molecule has 0 saturated carbocycles. The molecule has 5 rings (SSSR count). The Hall–Kier alpha value is -4.05. The number of ether oxygens (including phenoxy) is 1. The maximum atomic E-state index is 13.8. The van der Waals surface area contributed by atoms with Crippen LogP contribution in [0.3, 0.4) is 0 Å². The smallest absolute Gasteiger partial charge is 0.341 e. The summed E-state index contributed by atoms with van der Waals surface area (Å²) in [5.74, 6) is -0.295. The number of hydrogen-bond acceptors (Lipinski definition) is 4. The number of carbonyl (C=O) groups excluding carboxylic acids is 1. The number of fused-ring (bicyclic) bond motifs is 1. The van der Waals surface area contributed by atoms with Crippen LogP contribution in [0.15, 0.2) is 91.0 Å². The van der Waals surface area contributed by atoms with Gasteiger partial charge >= 0.3 is 5.97 Å². The summed E-state index contributed by atoms with van der Waals surface area (Å²) in [6, 6.07) is 32.3. The summed E-state index contributed by atoms with van der Waals surface area (Å²) in [6.07, 6.45) is 17.6. The summed E-state index contributed by atoms with van der Waals surface area (Å²) in [5.41, 5.74) is 8.13. The van der Waals surface area contributed by atoms with Gasteiger partial charge in [-0.05, 0) is 91.8 Å². The molecule has 1 atom stereocenters. The zero-order valence-electron chi connectivity index (χ0n) is 30.8. The monoisotopic (exact) mass is 658 g/mol. The van der Waals surface area contributed by atoms with Crippen molar-refractivity contribution in [2.24, 2.45) is 0 Å². The molecule has 1 heterocycles. The number of anilines is 3. The number of cyclic esters (lactones) is 1. The van der Waals surface area contributed by atoms with Gasteiger partial charge in [0.2, 0.25) is 5.72 Å². The maximum Gasteiger partial charge on any atom is 0.341 e. The van der Waals surface area contributed by atoms with E-state index in [0.29, 0.717) is 5.56 Å². The summed E-state index contributed by atoms with van der Waals surface area (Å²) >= 11 is 0. The summed E-state index contributed by atoms with van der Waals surface area (Å²) in [7, 11) is 4.11. The number of benzene rings is 4. The van der Waals surface area contributed by atoms with Gasteiger partial charge in [0.15, 0.2) is 0 Å². The van der Waals surface area contributed by atoms with E-state index in [0.717, 1.165) is 46.6 Å². The highest BCUT2D eigenvalue weighted by Crippen LogP contribution is 2.51. The van der Waals surface area contributed by atoms with Gasteiger partial charge in [-0.2, -0.15) is 0 Å². The second kappa shape index (κ2) is 17.6. The van der Waals surface area contributed by atoms with Crippen LogP contribution in [0.5, 0.6) is 0 Å². The number of hydrogen-bond donors (Lipinski definition) is 0. The molecule has 0 radical (unpaired) electrons. The Morgan fingerprint density at radius 3 is 1.57 bits per heavy atom. The Morgan fingerprint density at radius 1 is 0.571 bits per heavy atom. The SMILES string of the molecule is CCCCCCCCc1ccc(N(c2ccc(CCCCCCCC)cc2)C2(c3ccc(N(C)C)cc3C)OC(=O)c3ccccc32)cc1. The fourth-order valence-corrected chi connectivity index (χ4v) is 7.35. The third kappa shape index (κ3) is 8.58. The molecule has 0 aromatic heterocycles. The highest BCUT2D eigenvalue weighted by atomic mass is 16.6. The van der Waals surface area contributed by atoms with E-state index in [1.54, 1.807) is 0 Å². The first kappa shape index (κ1) is 36.2. The third-order valence-electron chi connectivity index (χ3n) is 10.2. The zero-order chi connectivity index (χ0) is 34.6. The van der Waals surface area contributed by atoms with Crippen molar-refractivity contribution in [2.45, 2.75) is 116 Å². The Labute approximate surface area is 296 Å². The van der Waals surface area contributed by atoms with E-state index in [9.17, 15) is 4.79 Å². The zero-order valence-corrected chi connectivity index (χ0v) is 30.8. The normalized spacial score (nSPS) is 15.2. The average Bonchev–Trinajstić information content (AvgIpc) is 3.41. The van der Waals surface area contributed by atoms with Gasteiger partial charge in [0.1, 0.15) is 0 Å². The molecule has 4 heteroatoms. The highest BCUT2D eigenvalue weighted by Gasteiger charge is 2.53. The third-order valence-corrected chi connectivity index (χ3v) is 10.2. The summed E-state index contributed by atoms with van der Waals surface area (Å²) < 4.78 is 6.71. The van der Waals surface area contributed by atoms with Crippen molar-refractivity contribution in [1.29, 1.82) is 0 Å². The maximum absolute atomic E-state index is 13.8. The first-order valence-electron chi connectivity index (χ1n) is 19.0. The molecule has 0 fully saturated rings. The lowest BCUT2D eigenvalue weighted by Gasteiger charge is -2.43. The molecule has 1 unspecified atom stereocenters. The standard InChI is InChI=1S/C45H58N2O2/c1-6-8-10-12-14-16-20-36-24-28-38(29-25-36)47(39-30-26-37(27-31-39)21-17-15-13-11-9-7-2)45(42-33-32-40(46(4)5)34-35(42)3)43-23-19-18-22-41(43)44(48)49-45/h18-19,22-34H,6-17,20-21H2,1-5H3. The number of nitrogens with zero attached hydrogens (tertiary/aromatic N) is 2. The van der Waals surface area contributed by atoms with Crippen molar-refractivity contribution in [1.82, 2.24) is 0 Å². The van der Waals surface area contributed by atoms with Crippen molar-refractivity contribution in [3.8, 4) is 0 Å². The van der Waals surface area contributed by atoms with Gasteiger partial charge < -0.3 is 9.64 Å². The topological polar surface area (TPSA) is 32.8 Å².